The van der Waals surface area contributed by atoms with Gasteiger partial charge < -0.3 is 0 Å². The molecule has 0 spiro atoms. The molecule has 0 bridgehead atoms. The van der Waals surface area contributed by atoms with Crippen molar-refractivity contribution >= 4 is 22.7 Å². The molecule has 0 saturated heterocycles. The van der Waals surface area contributed by atoms with Gasteiger partial charge in [-0.25, -0.2) is 0 Å². The van der Waals surface area contributed by atoms with Crippen molar-refractivity contribution in [1.29, 1.82) is 0 Å². The Hall–Kier alpha value is -6.06. The Morgan fingerprint density at radius 3 is 1.22 bits per heavy atom. The molecular weight excluding hydrogens is 1120 g/mol. The summed E-state index contributed by atoms with van der Waals surface area (Å²) >= 11 is 4.10. The second kappa shape index (κ2) is 26.5. The zero-order valence-electron chi connectivity index (χ0n) is 57.2. The molecule has 0 saturated carbocycles. The zero-order valence-corrected chi connectivity index (χ0v) is 58.8. The zero-order chi connectivity index (χ0) is 63.0. The molecule has 468 valence electrons. The summed E-state index contributed by atoms with van der Waals surface area (Å²) in [6, 6.07) is 65.4. The standard InChI is InChI=1S/C88H104S2/c1-13-16-19-22-25-28-31-62-37-46-67(47-38-62)87(65-42-33-60(4)34-43-65)76-57-73-77(88(66-44-35-61(5)36-45-66,79-59-81(85(9,10)11)90-83(73)79)68-48-39-63(40-49-68)32-29-26-23-20-17-14-2)56-72(76)82-78(87)58-80(89-82)64-41-51-70-71-52-50-69(84(6,7)8)55-75(71)86(12,74(70)54-64)53-30-27-24-21-18-15-3/h33-52,54-59H,13-32,53H2,1-12H3. The molecule has 2 heterocycles. The first-order valence-corrected chi connectivity index (χ1v) is 37.2. The summed E-state index contributed by atoms with van der Waals surface area (Å²) in [5.74, 6) is 0. The number of benzene rings is 7. The van der Waals surface area contributed by atoms with Gasteiger partial charge in [-0.3, -0.25) is 0 Å². The predicted octanol–water partition coefficient (Wildman–Crippen LogP) is 26.3. The van der Waals surface area contributed by atoms with Gasteiger partial charge in [0.2, 0.25) is 0 Å². The molecule has 90 heavy (non-hydrogen) atoms. The van der Waals surface area contributed by atoms with Crippen LogP contribution in [0.4, 0.5) is 0 Å². The number of thiophene rings is 2. The van der Waals surface area contributed by atoms with E-state index in [2.05, 4.69) is 241 Å². The fourth-order valence-corrected chi connectivity index (χ4v) is 18.7. The van der Waals surface area contributed by atoms with Crippen LogP contribution in [0.25, 0.3) is 42.4 Å². The van der Waals surface area contributed by atoms with Crippen LogP contribution in [0.3, 0.4) is 0 Å². The number of fused-ring (bicyclic) bond motifs is 9. The predicted molar refractivity (Wildman–Crippen MR) is 393 cm³/mol. The van der Waals surface area contributed by atoms with Crippen molar-refractivity contribution in [1.82, 2.24) is 0 Å². The first-order valence-electron chi connectivity index (χ1n) is 35.6. The van der Waals surface area contributed by atoms with Crippen molar-refractivity contribution in [3.8, 4) is 42.4 Å². The Bertz CT molecular complexity index is 3940. The van der Waals surface area contributed by atoms with Gasteiger partial charge >= 0.3 is 0 Å². The summed E-state index contributed by atoms with van der Waals surface area (Å²) in [5, 5.41) is 0. The molecule has 0 N–H and O–H groups in total. The monoisotopic (exact) mass is 1220 g/mol. The highest BCUT2D eigenvalue weighted by molar-refractivity contribution is 7.19. The van der Waals surface area contributed by atoms with E-state index < -0.39 is 10.8 Å². The minimum absolute atomic E-state index is 0.0171. The van der Waals surface area contributed by atoms with E-state index in [0.29, 0.717) is 0 Å². The largest absolute Gasteiger partial charge is 0.139 e. The summed E-state index contributed by atoms with van der Waals surface area (Å²) in [7, 11) is 0. The second-order valence-electron chi connectivity index (χ2n) is 30.2. The number of aryl methyl sites for hydroxylation is 4. The Morgan fingerprint density at radius 1 is 0.344 bits per heavy atom. The number of unbranched alkanes of at least 4 members (excludes halogenated alkanes) is 15. The van der Waals surface area contributed by atoms with E-state index in [0.717, 1.165) is 19.3 Å². The van der Waals surface area contributed by atoms with E-state index in [9.17, 15) is 0 Å². The number of rotatable bonds is 26. The van der Waals surface area contributed by atoms with Gasteiger partial charge in [-0.15, -0.1) is 22.7 Å². The summed E-state index contributed by atoms with van der Waals surface area (Å²) in [6.45, 7) is 28.4. The topological polar surface area (TPSA) is 0 Å². The lowest BCUT2D eigenvalue weighted by molar-refractivity contribution is 0.479. The first-order chi connectivity index (χ1) is 43.4. The molecule has 9 aromatic rings. The highest BCUT2D eigenvalue weighted by atomic mass is 32.1. The maximum Gasteiger partial charge on any atom is 0.0722 e. The minimum Gasteiger partial charge on any atom is -0.139 e. The van der Waals surface area contributed by atoms with Crippen molar-refractivity contribution in [3.05, 3.63) is 246 Å². The fourth-order valence-electron chi connectivity index (χ4n) is 16.1. The van der Waals surface area contributed by atoms with E-state index >= 15 is 0 Å². The summed E-state index contributed by atoms with van der Waals surface area (Å²) in [6.07, 6.45) is 27.0. The van der Waals surface area contributed by atoms with E-state index in [1.807, 2.05) is 22.7 Å². The number of hydrogen-bond acceptors (Lipinski definition) is 2. The average Bonchev–Trinajstić information content (AvgIpc) is 1.53. The van der Waals surface area contributed by atoms with Crippen LogP contribution in [0.1, 0.15) is 280 Å². The van der Waals surface area contributed by atoms with Gasteiger partial charge in [0, 0.05) is 24.9 Å². The minimum atomic E-state index is -0.568. The number of hydrogen-bond donors (Lipinski definition) is 0. The van der Waals surface area contributed by atoms with Crippen molar-refractivity contribution in [2.75, 3.05) is 0 Å². The van der Waals surface area contributed by atoms with Crippen LogP contribution in [0.2, 0.25) is 0 Å². The van der Waals surface area contributed by atoms with Gasteiger partial charge in [0.1, 0.15) is 0 Å². The van der Waals surface area contributed by atoms with E-state index in [1.54, 1.807) is 0 Å². The lowest BCUT2D eigenvalue weighted by atomic mass is 9.65. The van der Waals surface area contributed by atoms with Gasteiger partial charge in [-0.2, -0.15) is 0 Å². The van der Waals surface area contributed by atoms with Crippen LogP contribution < -0.4 is 0 Å². The SMILES string of the molecule is CCCCCCCCc1ccc(C2(c3ccc(C)cc3)c3cc4c(cc3-c3sc(-c5ccc6c(c5)C(C)(CCCCCCCC)c5cc(C(C)(C)C)ccc5-6)cc32)C(c2ccc(C)cc2)(c2ccc(CCCCCCCC)cc2)c2cc(C(C)(C)C)sc2-4)cc1. The van der Waals surface area contributed by atoms with Gasteiger partial charge in [-0.1, -0.05) is 310 Å². The lowest BCUT2D eigenvalue weighted by Gasteiger charge is -2.36. The highest BCUT2D eigenvalue weighted by Crippen LogP contribution is 2.66. The molecule has 12 rings (SSSR count). The van der Waals surface area contributed by atoms with Crippen LogP contribution in [0.5, 0.6) is 0 Å². The van der Waals surface area contributed by atoms with Gasteiger partial charge in [0.25, 0.3) is 0 Å². The third kappa shape index (κ3) is 11.8. The third-order valence-electron chi connectivity index (χ3n) is 21.5. The Kier molecular flexibility index (Phi) is 18.9. The van der Waals surface area contributed by atoms with Crippen molar-refractivity contribution in [2.45, 2.75) is 245 Å². The van der Waals surface area contributed by atoms with Crippen LogP contribution in [-0.2, 0) is 39.9 Å². The van der Waals surface area contributed by atoms with Gasteiger partial charge in [0.15, 0.2) is 0 Å². The maximum atomic E-state index is 2.74. The molecule has 3 aliphatic rings. The smallest absolute Gasteiger partial charge is 0.0722 e. The molecule has 3 unspecified atom stereocenters. The molecule has 0 fully saturated rings. The quantitative estimate of drug-likeness (QED) is 0.0474. The second-order valence-corrected chi connectivity index (χ2v) is 32.3. The van der Waals surface area contributed by atoms with E-state index in [-0.39, 0.29) is 16.2 Å². The molecule has 0 nitrogen and oxygen atoms in total. The molecule has 0 aliphatic heterocycles. The summed E-state index contributed by atoms with van der Waals surface area (Å²) < 4.78 is 0. The van der Waals surface area contributed by atoms with Crippen molar-refractivity contribution in [2.24, 2.45) is 0 Å². The third-order valence-corrected chi connectivity index (χ3v) is 24.4. The van der Waals surface area contributed by atoms with Crippen LogP contribution >= 0.6 is 22.7 Å². The van der Waals surface area contributed by atoms with Crippen LogP contribution in [0, 0.1) is 13.8 Å². The molecule has 2 heteroatoms. The van der Waals surface area contributed by atoms with E-state index in [1.165, 1.54) is 246 Å². The van der Waals surface area contributed by atoms with Gasteiger partial charge in [0.05, 0.1) is 10.8 Å². The van der Waals surface area contributed by atoms with Gasteiger partial charge in [-0.05, 0) is 187 Å². The Labute approximate surface area is 552 Å². The summed E-state index contributed by atoms with van der Waals surface area (Å²) in [5.41, 5.74) is 26.9. The van der Waals surface area contributed by atoms with E-state index in [4.69, 9.17) is 0 Å². The Balaban J connectivity index is 1.08. The highest BCUT2D eigenvalue weighted by Gasteiger charge is 2.53. The van der Waals surface area contributed by atoms with Crippen LogP contribution in [-0.4, -0.2) is 0 Å². The van der Waals surface area contributed by atoms with Crippen molar-refractivity contribution in [3.63, 3.8) is 0 Å². The molecule has 3 atom stereocenters. The van der Waals surface area contributed by atoms with Crippen LogP contribution in [0.15, 0.2) is 158 Å². The molecule has 7 aromatic carbocycles. The lowest BCUT2D eigenvalue weighted by Crippen LogP contribution is -2.30. The molecule has 2 aromatic heterocycles. The van der Waals surface area contributed by atoms with Crippen molar-refractivity contribution < 1.29 is 0 Å². The normalized spacial score (nSPS) is 18.0. The molecule has 0 amide bonds. The summed E-state index contributed by atoms with van der Waals surface area (Å²) in [4.78, 5) is 5.64. The molecule has 0 radical (unpaired) electrons. The Morgan fingerprint density at radius 2 is 0.756 bits per heavy atom. The average molecular weight is 1230 g/mol. The molecule has 3 aliphatic carbocycles. The fraction of sp³-hybridized carbons (Fsp3) is 0.432. The maximum absolute atomic E-state index is 2.74. The first kappa shape index (κ1) is 64.1. The molecular formula is C88H104S2.